The lowest BCUT2D eigenvalue weighted by molar-refractivity contribution is -0.123. The Morgan fingerprint density at radius 2 is 1.88 bits per heavy atom. The summed E-state index contributed by atoms with van der Waals surface area (Å²) in [5, 5.41) is 4.04. The highest BCUT2D eigenvalue weighted by atomic mass is 35.5. The minimum absolute atomic E-state index is 0.0815. The topological polar surface area (TPSA) is 46.9 Å². The van der Waals surface area contributed by atoms with Gasteiger partial charge < -0.3 is 9.88 Å². The molecule has 0 atom stereocenters. The van der Waals surface area contributed by atoms with Gasteiger partial charge in [0.25, 0.3) is 0 Å². The molecule has 3 aromatic rings. The molecule has 1 N–H and O–H groups in total. The summed E-state index contributed by atoms with van der Waals surface area (Å²) >= 11 is 12.4. The maximum Gasteiger partial charge on any atom is 0.240 e. The van der Waals surface area contributed by atoms with Crippen molar-refractivity contribution in [3.8, 4) is 11.4 Å². The molecule has 130 valence electrons. The van der Waals surface area contributed by atoms with Crippen LogP contribution in [0.3, 0.4) is 0 Å². The van der Waals surface area contributed by atoms with Gasteiger partial charge in [-0.1, -0.05) is 35.3 Å². The monoisotopic (exact) mass is 375 g/mol. The minimum Gasteiger partial charge on any atom is -0.350 e. The molecular weight excluding hydrogens is 357 g/mol. The van der Waals surface area contributed by atoms with Gasteiger partial charge in [0.05, 0.1) is 16.1 Å². The van der Waals surface area contributed by atoms with Gasteiger partial charge in [-0.3, -0.25) is 4.79 Å². The van der Waals surface area contributed by atoms with Crippen molar-refractivity contribution < 1.29 is 4.79 Å². The van der Waals surface area contributed by atoms with E-state index in [0.29, 0.717) is 15.9 Å². The molecule has 25 heavy (non-hydrogen) atoms. The lowest BCUT2D eigenvalue weighted by Gasteiger charge is -2.21. The Balaban J connectivity index is 2.11. The molecule has 0 bridgehead atoms. The molecule has 4 nitrogen and oxygen atoms in total. The first kappa shape index (κ1) is 17.8. The number of benzene rings is 2. The second-order valence-corrected chi connectivity index (χ2v) is 7.78. The number of halogens is 2. The summed E-state index contributed by atoms with van der Waals surface area (Å²) < 4.78 is 1.88. The maximum atomic E-state index is 12.5. The Morgan fingerprint density at radius 3 is 2.56 bits per heavy atom. The van der Waals surface area contributed by atoms with Gasteiger partial charge in [-0.15, -0.1) is 0 Å². The van der Waals surface area contributed by atoms with Crippen molar-refractivity contribution in [3.63, 3.8) is 0 Å². The number of aromatic nitrogens is 2. The molecule has 3 rings (SSSR count). The highest BCUT2D eigenvalue weighted by molar-refractivity contribution is 6.36. The summed E-state index contributed by atoms with van der Waals surface area (Å²) in [6.45, 7) is 6.02. The molecule has 0 spiro atoms. The summed E-state index contributed by atoms with van der Waals surface area (Å²) in [5.41, 5.74) is 2.14. The Kier molecular flexibility index (Phi) is 4.76. The third-order valence-corrected chi connectivity index (χ3v) is 4.19. The van der Waals surface area contributed by atoms with Crippen LogP contribution in [0.15, 0.2) is 42.5 Å². The molecule has 0 aliphatic heterocycles. The number of carbonyl (C=O) groups excluding carboxylic acids is 1. The number of nitrogens with zero attached hydrogens (tertiary/aromatic N) is 2. The fraction of sp³-hybridized carbons (Fsp3) is 0.263. The number of carbonyl (C=O) groups is 1. The predicted octanol–water partition coefficient (Wildman–Crippen LogP) is 4.92. The first-order valence-electron chi connectivity index (χ1n) is 7.96. The Labute approximate surface area is 156 Å². The van der Waals surface area contributed by atoms with E-state index in [-0.39, 0.29) is 18.0 Å². The molecule has 0 unspecified atom stereocenters. The molecule has 0 aliphatic rings. The largest absolute Gasteiger partial charge is 0.350 e. The number of para-hydroxylation sites is 2. The maximum absolute atomic E-state index is 12.5. The molecule has 1 amide bonds. The van der Waals surface area contributed by atoms with E-state index in [9.17, 15) is 4.79 Å². The zero-order valence-electron chi connectivity index (χ0n) is 14.3. The van der Waals surface area contributed by atoms with E-state index < -0.39 is 0 Å². The minimum atomic E-state index is -0.300. The summed E-state index contributed by atoms with van der Waals surface area (Å²) in [7, 11) is 0. The van der Waals surface area contributed by atoms with E-state index >= 15 is 0 Å². The third kappa shape index (κ3) is 3.97. The zero-order chi connectivity index (χ0) is 18.2. The number of imidazole rings is 1. The molecule has 1 aromatic heterocycles. The van der Waals surface area contributed by atoms with E-state index in [1.54, 1.807) is 12.1 Å². The van der Waals surface area contributed by atoms with Crippen LogP contribution in [-0.4, -0.2) is 21.0 Å². The Bertz CT molecular complexity index is 941. The molecule has 0 aliphatic carbocycles. The normalized spacial score (nSPS) is 11.7. The summed E-state index contributed by atoms with van der Waals surface area (Å²) in [4.78, 5) is 17.2. The van der Waals surface area contributed by atoms with Crippen molar-refractivity contribution in [2.75, 3.05) is 0 Å². The van der Waals surface area contributed by atoms with Gasteiger partial charge >= 0.3 is 0 Å². The lowest BCUT2D eigenvalue weighted by Crippen LogP contribution is -2.42. The molecular formula is C19H19Cl2N3O. The van der Waals surface area contributed by atoms with Gasteiger partial charge in [0.2, 0.25) is 5.91 Å². The first-order valence-corrected chi connectivity index (χ1v) is 8.72. The second kappa shape index (κ2) is 6.70. The van der Waals surface area contributed by atoms with Gasteiger partial charge in [-0.05, 0) is 51.1 Å². The highest BCUT2D eigenvalue weighted by Crippen LogP contribution is 2.32. The highest BCUT2D eigenvalue weighted by Gasteiger charge is 2.19. The number of hydrogen-bond donors (Lipinski definition) is 1. The average Bonchev–Trinajstić information content (AvgIpc) is 2.84. The van der Waals surface area contributed by atoms with Crippen molar-refractivity contribution in [2.45, 2.75) is 32.9 Å². The number of fused-ring (bicyclic) bond motifs is 1. The van der Waals surface area contributed by atoms with E-state index in [0.717, 1.165) is 16.6 Å². The molecule has 2 aromatic carbocycles. The van der Waals surface area contributed by atoms with Crippen LogP contribution in [0.4, 0.5) is 0 Å². The van der Waals surface area contributed by atoms with E-state index in [2.05, 4.69) is 10.3 Å². The van der Waals surface area contributed by atoms with Gasteiger partial charge in [-0.2, -0.15) is 0 Å². The number of rotatable bonds is 3. The van der Waals surface area contributed by atoms with Crippen molar-refractivity contribution in [1.82, 2.24) is 14.9 Å². The Hall–Kier alpha value is -2.04. The van der Waals surface area contributed by atoms with Gasteiger partial charge in [-0.25, -0.2) is 4.98 Å². The van der Waals surface area contributed by atoms with Crippen LogP contribution in [0, 0.1) is 0 Å². The van der Waals surface area contributed by atoms with Crippen LogP contribution < -0.4 is 5.32 Å². The van der Waals surface area contributed by atoms with Crippen LogP contribution in [-0.2, 0) is 11.3 Å². The zero-order valence-corrected chi connectivity index (χ0v) is 15.8. The standard InChI is InChI=1S/C19H19Cl2N3O/c1-19(2,3)23-17(25)11-24-16-7-5-4-6-15(16)22-18(24)13-9-8-12(20)10-14(13)21/h4-10H,11H2,1-3H3,(H,23,25). The fourth-order valence-electron chi connectivity index (χ4n) is 2.71. The number of amides is 1. The van der Waals surface area contributed by atoms with E-state index in [4.69, 9.17) is 23.2 Å². The van der Waals surface area contributed by atoms with Crippen molar-refractivity contribution in [3.05, 3.63) is 52.5 Å². The predicted molar refractivity (Wildman–Crippen MR) is 103 cm³/mol. The molecule has 0 saturated heterocycles. The lowest BCUT2D eigenvalue weighted by atomic mass is 10.1. The summed E-state index contributed by atoms with van der Waals surface area (Å²) in [5.74, 6) is 0.564. The van der Waals surface area contributed by atoms with Crippen LogP contribution in [0.2, 0.25) is 10.0 Å². The van der Waals surface area contributed by atoms with Gasteiger partial charge in [0.15, 0.2) is 0 Å². The molecule has 0 fully saturated rings. The first-order chi connectivity index (χ1) is 11.7. The molecule has 0 saturated carbocycles. The van der Waals surface area contributed by atoms with Gasteiger partial charge in [0.1, 0.15) is 12.4 Å². The third-order valence-electron chi connectivity index (χ3n) is 3.64. The molecule has 6 heteroatoms. The van der Waals surface area contributed by atoms with Crippen LogP contribution in [0.25, 0.3) is 22.4 Å². The Morgan fingerprint density at radius 1 is 1.16 bits per heavy atom. The van der Waals surface area contributed by atoms with Crippen LogP contribution in [0.5, 0.6) is 0 Å². The van der Waals surface area contributed by atoms with Crippen molar-refractivity contribution >= 4 is 40.1 Å². The van der Waals surface area contributed by atoms with Crippen molar-refractivity contribution in [2.24, 2.45) is 0 Å². The second-order valence-electron chi connectivity index (χ2n) is 6.93. The molecule has 1 heterocycles. The molecule has 0 radical (unpaired) electrons. The number of nitrogens with one attached hydrogen (secondary N) is 1. The average molecular weight is 376 g/mol. The van der Waals surface area contributed by atoms with Gasteiger partial charge in [0, 0.05) is 16.1 Å². The number of hydrogen-bond acceptors (Lipinski definition) is 2. The summed E-state index contributed by atoms with van der Waals surface area (Å²) in [6.07, 6.45) is 0. The SMILES string of the molecule is CC(C)(C)NC(=O)Cn1c(-c2ccc(Cl)cc2Cl)nc2ccccc21. The van der Waals surface area contributed by atoms with E-state index in [1.807, 2.05) is 55.7 Å². The van der Waals surface area contributed by atoms with Crippen molar-refractivity contribution in [1.29, 1.82) is 0 Å². The quantitative estimate of drug-likeness (QED) is 0.705. The van der Waals surface area contributed by atoms with E-state index in [1.165, 1.54) is 0 Å². The smallest absolute Gasteiger partial charge is 0.240 e. The van der Waals surface area contributed by atoms with Crippen LogP contribution >= 0.6 is 23.2 Å². The summed E-state index contributed by atoms with van der Waals surface area (Å²) in [6, 6.07) is 13.0. The van der Waals surface area contributed by atoms with Crippen LogP contribution in [0.1, 0.15) is 20.8 Å². The fourth-order valence-corrected chi connectivity index (χ4v) is 3.21.